The Morgan fingerprint density at radius 2 is 2.27 bits per heavy atom. The first-order chi connectivity index (χ1) is 7.15. The highest BCUT2D eigenvalue weighted by Gasteiger charge is 2.06. The van der Waals surface area contributed by atoms with Gasteiger partial charge in [0, 0.05) is 12.4 Å². The predicted molar refractivity (Wildman–Crippen MR) is 56.9 cm³/mol. The molecule has 0 aromatic carbocycles. The Hall–Kier alpha value is -1.49. The Bertz CT molecular complexity index is 486. The molecule has 0 aliphatic heterocycles. The van der Waals surface area contributed by atoms with Crippen LogP contribution in [0.15, 0.2) is 39.7 Å². The lowest BCUT2D eigenvalue weighted by Crippen LogP contribution is -1.96. The van der Waals surface area contributed by atoms with Crippen molar-refractivity contribution in [3.63, 3.8) is 0 Å². The summed E-state index contributed by atoms with van der Waals surface area (Å²) in [6.45, 7) is 0.527. The normalized spacial score (nSPS) is 10.5. The average Bonchev–Trinajstić information content (AvgIpc) is 2.76. The molecule has 0 amide bonds. The van der Waals surface area contributed by atoms with Gasteiger partial charge in [-0.1, -0.05) is 0 Å². The molecule has 0 fully saturated rings. The van der Waals surface area contributed by atoms with Crippen LogP contribution in [0.5, 0.6) is 0 Å². The quantitative estimate of drug-likeness (QED) is 0.932. The molecule has 2 heterocycles. The van der Waals surface area contributed by atoms with Crippen LogP contribution in [0.2, 0.25) is 0 Å². The molecule has 0 atom stereocenters. The first-order valence-electron chi connectivity index (χ1n) is 4.28. The van der Waals surface area contributed by atoms with E-state index in [1.54, 1.807) is 29.1 Å². The maximum atomic E-state index is 10.6. The average molecular weight is 270 g/mol. The molecule has 2 rings (SSSR count). The Morgan fingerprint density at radius 3 is 2.80 bits per heavy atom. The number of rotatable bonds is 3. The summed E-state index contributed by atoms with van der Waals surface area (Å²) in [4.78, 5) is 10.6. The van der Waals surface area contributed by atoms with E-state index in [0.29, 0.717) is 11.2 Å². The molecule has 2 aromatic rings. The van der Waals surface area contributed by atoms with E-state index in [2.05, 4.69) is 15.9 Å². The Morgan fingerprint density at radius 1 is 1.47 bits per heavy atom. The second kappa shape index (κ2) is 3.94. The predicted octanol–water partition coefficient (Wildman–Crippen LogP) is 2.59. The van der Waals surface area contributed by atoms with Gasteiger partial charge in [-0.2, -0.15) is 0 Å². The molecule has 2 aromatic heterocycles. The van der Waals surface area contributed by atoms with Crippen LogP contribution in [0.1, 0.15) is 16.1 Å². The number of furan rings is 1. The van der Waals surface area contributed by atoms with Crippen LogP contribution in [0.4, 0.5) is 0 Å². The van der Waals surface area contributed by atoms with Crippen molar-refractivity contribution >= 4 is 21.9 Å². The van der Waals surface area contributed by atoms with E-state index >= 15 is 0 Å². The lowest BCUT2D eigenvalue weighted by atomic mass is 10.3. The fourth-order valence-corrected chi connectivity index (χ4v) is 1.62. The Labute approximate surface area is 94.3 Å². The van der Waals surface area contributed by atoms with E-state index in [0.717, 1.165) is 5.76 Å². The molecule has 5 heteroatoms. The smallest absolute Gasteiger partial charge is 0.337 e. The molecule has 0 unspecified atom stereocenters. The summed E-state index contributed by atoms with van der Waals surface area (Å²) < 4.78 is 7.73. The van der Waals surface area contributed by atoms with Gasteiger partial charge in [-0.05, 0) is 34.1 Å². The zero-order valence-corrected chi connectivity index (χ0v) is 9.27. The summed E-state index contributed by atoms with van der Waals surface area (Å²) >= 11 is 3.20. The van der Waals surface area contributed by atoms with Crippen molar-refractivity contribution in [3.8, 4) is 0 Å². The number of hydrogen-bond acceptors (Lipinski definition) is 2. The topological polar surface area (TPSA) is 55.4 Å². The Balaban J connectivity index is 2.14. The van der Waals surface area contributed by atoms with Crippen molar-refractivity contribution < 1.29 is 14.3 Å². The molecule has 0 saturated heterocycles. The van der Waals surface area contributed by atoms with E-state index in [1.165, 1.54) is 0 Å². The van der Waals surface area contributed by atoms with Gasteiger partial charge in [0.15, 0.2) is 4.67 Å². The van der Waals surface area contributed by atoms with Crippen LogP contribution >= 0.6 is 15.9 Å². The minimum Gasteiger partial charge on any atom is -0.478 e. The summed E-state index contributed by atoms with van der Waals surface area (Å²) in [6, 6.07) is 5.20. The molecule has 78 valence electrons. The lowest BCUT2D eigenvalue weighted by Gasteiger charge is -1.97. The zero-order valence-electron chi connectivity index (χ0n) is 7.68. The van der Waals surface area contributed by atoms with Crippen LogP contribution in [0.25, 0.3) is 0 Å². The van der Waals surface area contributed by atoms with Crippen molar-refractivity contribution in [1.82, 2.24) is 4.57 Å². The first kappa shape index (κ1) is 10.0. The van der Waals surface area contributed by atoms with Crippen LogP contribution in [0.3, 0.4) is 0 Å². The highest BCUT2D eigenvalue weighted by Crippen LogP contribution is 2.15. The van der Waals surface area contributed by atoms with Gasteiger partial charge in [-0.25, -0.2) is 4.79 Å². The van der Waals surface area contributed by atoms with Crippen molar-refractivity contribution in [2.24, 2.45) is 0 Å². The molecular weight excluding hydrogens is 262 g/mol. The van der Waals surface area contributed by atoms with Gasteiger partial charge in [-0.15, -0.1) is 0 Å². The van der Waals surface area contributed by atoms with Gasteiger partial charge in [0.1, 0.15) is 5.76 Å². The first-order valence-corrected chi connectivity index (χ1v) is 5.08. The van der Waals surface area contributed by atoms with Crippen molar-refractivity contribution in [2.45, 2.75) is 6.54 Å². The minimum absolute atomic E-state index is 0.278. The standard InChI is InChI=1S/C10H8BrNO3/c11-9-2-1-8(15-9)6-12-4-3-7(5-12)10(13)14/h1-5H,6H2,(H,13,14). The molecule has 1 N–H and O–H groups in total. The van der Waals surface area contributed by atoms with Gasteiger partial charge < -0.3 is 14.1 Å². The third kappa shape index (κ3) is 2.30. The van der Waals surface area contributed by atoms with Gasteiger partial charge >= 0.3 is 5.97 Å². The maximum absolute atomic E-state index is 10.6. The van der Waals surface area contributed by atoms with E-state index in [9.17, 15) is 4.79 Å². The summed E-state index contributed by atoms with van der Waals surface area (Å²) in [7, 11) is 0. The number of aromatic carboxylic acids is 1. The third-order valence-corrected chi connectivity index (χ3v) is 2.39. The zero-order chi connectivity index (χ0) is 10.8. The van der Waals surface area contributed by atoms with Gasteiger partial charge in [0.2, 0.25) is 0 Å². The molecule has 0 saturated carbocycles. The van der Waals surface area contributed by atoms with Crippen LogP contribution < -0.4 is 0 Å². The maximum Gasteiger partial charge on any atom is 0.337 e. The van der Waals surface area contributed by atoms with E-state index < -0.39 is 5.97 Å². The summed E-state index contributed by atoms with van der Waals surface area (Å²) in [5.41, 5.74) is 0.278. The number of hydrogen-bond donors (Lipinski definition) is 1. The summed E-state index contributed by atoms with van der Waals surface area (Å²) in [5, 5.41) is 8.72. The summed E-state index contributed by atoms with van der Waals surface area (Å²) in [5.74, 6) is -0.149. The van der Waals surface area contributed by atoms with Gasteiger partial charge in [0.25, 0.3) is 0 Å². The molecule has 15 heavy (non-hydrogen) atoms. The number of carboxylic acids is 1. The lowest BCUT2D eigenvalue weighted by molar-refractivity contribution is 0.0697. The van der Waals surface area contributed by atoms with Gasteiger partial charge in [0.05, 0.1) is 12.1 Å². The van der Waals surface area contributed by atoms with Crippen molar-refractivity contribution in [1.29, 1.82) is 0 Å². The second-order valence-electron chi connectivity index (χ2n) is 3.08. The van der Waals surface area contributed by atoms with Crippen LogP contribution in [-0.2, 0) is 6.54 Å². The molecule has 0 spiro atoms. The number of nitrogens with zero attached hydrogens (tertiary/aromatic N) is 1. The molecular formula is C10H8BrNO3. The molecule has 4 nitrogen and oxygen atoms in total. The van der Waals surface area contributed by atoms with Crippen LogP contribution in [0, 0.1) is 0 Å². The van der Waals surface area contributed by atoms with E-state index in [-0.39, 0.29) is 5.56 Å². The van der Waals surface area contributed by atoms with Gasteiger partial charge in [-0.3, -0.25) is 0 Å². The molecule has 0 aliphatic carbocycles. The molecule has 0 aliphatic rings. The largest absolute Gasteiger partial charge is 0.478 e. The fourth-order valence-electron chi connectivity index (χ4n) is 1.28. The number of carboxylic acid groups (broad SMARTS) is 1. The molecule has 0 bridgehead atoms. The number of halogens is 1. The monoisotopic (exact) mass is 269 g/mol. The highest BCUT2D eigenvalue weighted by molar-refractivity contribution is 9.10. The summed E-state index contributed by atoms with van der Waals surface area (Å²) in [6.07, 6.45) is 3.28. The van der Waals surface area contributed by atoms with E-state index in [1.807, 2.05) is 6.07 Å². The van der Waals surface area contributed by atoms with E-state index in [4.69, 9.17) is 9.52 Å². The Kier molecular flexibility index (Phi) is 2.64. The SMILES string of the molecule is O=C(O)c1ccn(Cc2ccc(Br)o2)c1. The third-order valence-electron chi connectivity index (χ3n) is 1.96. The fraction of sp³-hybridized carbons (Fsp3) is 0.100. The minimum atomic E-state index is -0.922. The number of aromatic nitrogens is 1. The van der Waals surface area contributed by atoms with Crippen LogP contribution in [-0.4, -0.2) is 15.6 Å². The van der Waals surface area contributed by atoms with Crippen molar-refractivity contribution in [3.05, 3.63) is 46.6 Å². The number of carbonyl (C=O) groups is 1. The second-order valence-corrected chi connectivity index (χ2v) is 3.87. The molecule has 0 radical (unpaired) electrons. The van der Waals surface area contributed by atoms with Crippen molar-refractivity contribution in [2.75, 3.05) is 0 Å². The highest BCUT2D eigenvalue weighted by atomic mass is 79.9.